The van der Waals surface area contributed by atoms with Crippen molar-refractivity contribution in [2.24, 2.45) is 11.1 Å². The number of rotatable bonds is 2. The van der Waals surface area contributed by atoms with E-state index in [-0.39, 0.29) is 23.2 Å². The van der Waals surface area contributed by atoms with E-state index in [0.717, 1.165) is 0 Å². The van der Waals surface area contributed by atoms with Crippen molar-refractivity contribution in [3.8, 4) is 11.5 Å². The molecule has 1 heterocycles. The van der Waals surface area contributed by atoms with E-state index in [2.05, 4.69) is 26.1 Å². The smallest absolute Gasteiger partial charge is 0.258 e. The Hall–Kier alpha value is -1.27. The minimum atomic E-state index is -0.377. The van der Waals surface area contributed by atoms with E-state index in [1.165, 1.54) is 6.07 Å². The molecule has 0 aliphatic rings. The molecule has 1 unspecified atom stereocenters. The number of benzene rings is 1. The van der Waals surface area contributed by atoms with Crippen molar-refractivity contribution in [1.29, 1.82) is 0 Å². The minimum absolute atomic E-state index is 0.174. The van der Waals surface area contributed by atoms with Crippen molar-refractivity contribution in [3.63, 3.8) is 0 Å². The van der Waals surface area contributed by atoms with E-state index in [1.54, 1.807) is 12.1 Å². The van der Waals surface area contributed by atoms with Gasteiger partial charge in [0.2, 0.25) is 0 Å². The summed E-state index contributed by atoms with van der Waals surface area (Å²) in [6.07, 6.45) is 0. The van der Waals surface area contributed by atoms with Gasteiger partial charge >= 0.3 is 0 Å². The van der Waals surface area contributed by atoms with Crippen molar-refractivity contribution < 1.29 is 8.91 Å². The van der Waals surface area contributed by atoms with Gasteiger partial charge in [0.25, 0.3) is 5.89 Å². The van der Waals surface area contributed by atoms with Crippen LogP contribution < -0.4 is 5.73 Å². The van der Waals surface area contributed by atoms with Gasteiger partial charge < -0.3 is 10.3 Å². The Bertz CT molecular complexity index is 592. The molecule has 0 saturated carbocycles. The van der Waals surface area contributed by atoms with Crippen LogP contribution in [0.4, 0.5) is 4.39 Å². The van der Waals surface area contributed by atoms with Crippen molar-refractivity contribution in [2.75, 3.05) is 0 Å². The maximum absolute atomic E-state index is 13.5. The first-order chi connectivity index (χ1) is 8.79. The largest absolute Gasteiger partial charge is 0.334 e. The molecule has 0 saturated heterocycles. The predicted octanol–water partition coefficient (Wildman–Crippen LogP) is 3.68. The van der Waals surface area contributed by atoms with Crippen molar-refractivity contribution in [2.45, 2.75) is 26.8 Å². The molecular formula is C13H15BrFN3O. The lowest BCUT2D eigenvalue weighted by Crippen LogP contribution is -2.27. The first-order valence-corrected chi connectivity index (χ1v) is 6.63. The molecule has 0 aliphatic heterocycles. The van der Waals surface area contributed by atoms with Crippen LogP contribution in [-0.4, -0.2) is 10.1 Å². The molecule has 0 amide bonds. The molecular weight excluding hydrogens is 313 g/mol. The number of hydrogen-bond acceptors (Lipinski definition) is 4. The van der Waals surface area contributed by atoms with E-state index >= 15 is 0 Å². The molecule has 1 aromatic heterocycles. The Kier molecular flexibility index (Phi) is 3.73. The van der Waals surface area contributed by atoms with Crippen LogP contribution in [0, 0.1) is 11.2 Å². The average Bonchev–Trinajstić information content (AvgIpc) is 2.79. The lowest BCUT2D eigenvalue weighted by molar-refractivity contribution is 0.303. The van der Waals surface area contributed by atoms with Gasteiger partial charge in [0, 0.05) is 5.56 Å². The molecule has 0 radical (unpaired) electrons. The van der Waals surface area contributed by atoms with Gasteiger partial charge in [-0.2, -0.15) is 4.98 Å². The summed E-state index contributed by atoms with van der Waals surface area (Å²) in [5, 5.41) is 3.87. The predicted molar refractivity (Wildman–Crippen MR) is 73.8 cm³/mol. The second-order valence-corrected chi connectivity index (χ2v) is 6.28. The van der Waals surface area contributed by atoms with Crippen LogP contribution in [0.15, 0.2) is 27.2 Å². The molecule has 6 heteroatoms. The summed E-state index contributed by atoms with van der Waals surface area (Å²) in [5.41, 5.74) is 6.40. The molecule has 1 atom stereocenters. The summed E-state index contributed by atoms with van der Waals surface area (Å²) in [6.45, 7) is 5.98. The molecule has 2 rings (SSSR count). The van der Waals surface area contributed by atoms with E-state index < -0.39 is 0 Å². The Morgan fingerprint density at radius 2 is 2.05 bits per heavy atom. The fourth-order valence-corrected chi connectivity index (χ4v) is 1.74. The number of hydrogen-bond donors (Lipinski definition) is 1. The topological polar surface area (TPSA) is 64.9 Å². The zero-order valence-electron chi connectivity index (χ0n) is 10.9. The van der Waals surface area contributed by atoms with Crippen molar-refractivity contribution in [3.05, 3.63) is 34.3 Å². The minimum Gasteiger partial charge on any atom is -0.334 e. The number of halogens is 2. The van der Waals surface area contributed by atoms with Gasteiger partial charge in [0.15, 0.2) is 5.82 Å². The quantitative estimate of drug-likeness (QED) is 0.913. The molecule has 0 aliphatic carbocycles. The van der Waals surface area contributed by atoms with E-state index in [9.17, 15) is 4.39 Å². The normalized spacial score (nSPS) is 13.6. The van der Waals surface area contributed by atoms with Gasteiger partial charge in [-0.1, -0.05) is 25.9 Å². The molecule has 19 heavy (non-hydrogen) atoms. The lowest BCUT2D eigenvalue weighted by atomic mass is 9.87. The molecule has 0 fully saturated rings. The van der Waals surface area contributed by atoms with Crippen LogP contribution in [0.5, 0.6) is 0 Å². The van der Waals surface area contributed by atoms with Crippen LogP contribution in [0.2, 0.25) is 0 Å². The molecule has 0 spiro atoms. The lowest BCUT2D eigenvalue weighted by Gasteiger charge is -2.23. The van der Waals surface area contributed by atoms with Crippen LogP contribution in [-0.2, 0) is 0 Å². The fraction of sp³-hybridized carbons (Fsp3) is 0.385. The summed E-state index contributed by atoms with van der Waals surface area (Å²) in [4.78, 5) is 4.23. The van der Waals surface area contributed by atoms with E-state index in [4.69, 9.17) is 10.3 Å². The monoisotopic (exact) mass is 327 g/mol. The van der Waals surface area contributed by atoms with Crippen molar-refractivity contribution >= 4 is 15.9 Å². The van der Waals surface area contributed by atoms with Gasteiger partial charge in [-0.15, -0.1) is 0 Å². The molecule has 2 N–H and O–H groups in total. The highest BCUT2D eigenvalue weighted by atomic mass is 79.9. The van der Waals surface area contributed by atoms with Crippen molar-refractivity contribution in [1.82, 2.24) is 10.1 Å². The summed E-state index contributed by atoms with van der Waals surface area (Å²) in [6, 6.07) is 4.29. The van der Waals surface area contributed by atoms with Crippen LogP contribution in [0.25, 0.3) is 11.5 Å². The van der Waals surface area contributed by atoms with Crippen LogP contribution in [0.3, 0.4) is 0 Å². The standard InChI is InChI=1S/C13H15BrFN3O/c1-13(2,3)10(16)11-17-12(19-18-11)7-4-5-8(14)9(15)6-7/h4-6,10H,16H2,1-3H3. The highest BCUT2D eigenvalue weighted by molar-refractivity contribution is 9.10. The molecule has 2 aromatic rings. The van der Waals surface area contributed by atoms with Gasteiger partial charge in [-0.05, 0) is 39.5 Å². The van der Waals surface area contributed by atoms with Gasteiger partial charge in [-0.25, -0.2) is 4.39 Å². The number of nitrogens with two attached hydrogens (primary N) is 1. The third-order valence-corrected chi connectivity index (χ3v) is 3.46. The molecule has 1 aromatic carbocycles. The summed E-state index contributed by atoms with van der Waals surface area (Å²) < 4.78 is 19.0. The Morgan fingerprint density at radius 3 is 2.63 bits per heavy atom. The Labute approximate surface area is 119 Å². The van der Waals surface area contributed by atoms with Crippen LogP contribution >= 0.6 is 15.9 Å². The second kappa shape index (κ2) is 5.02. The highest BCUT2D eigenvalue weighted by Gasteiger charge is 2.27. The zero-order valence-corrected chi connectivity index (χ0v) is 12.5. The summed E-state index contributed by atoms with van der Waals surface area (Å²) in [7, 11) is 0. The van der Waals surface area contributed by atoms with Gasteiger partial charge in [0.05, 0.1) is 10.5 Å². The fourth-order valence-electron chi connectivity index (χ4n) is 1.49. The number of aromatic nitrogens is 2. The summed E-state index contributed by atoms with van der Waals surface area (Å²) >= 11 is 3.09. The Balaban J connectivity index is 2.33. The second-order valence-electron chi connectivity index (χ2n) is 5.43. The SMILES string of the molecule is CC(C)(C)C(N)c1noc(-c2ccc(Br)c(F)c2)n1. The third-order valence-electron chi connectivity index (χ3n) is 2.82. The molecule has 102 valence electrons. The molecule has 0 bridgehead atoms. The third kappa shape index (κ3) is 3.01. The highest BCUT2D eigenvalue weighted by Crippen LogP contribution is 2.30. The maximum Gasteiger partial charge on any atom is 0.258 e. The maximum atomic E-state index is 13.5. The van der Waals surface area contributed by atoms with Gasteiger partial charge in [-0.3, -0.25) is 0 Å². The van der Waals surface area contributed by atoms with E-state index in [1.807, 2.05) is 20.8 Å². The molecule has 4 nitrogen and oxygen atoms in total. The van der Waals surface area contributed by atoms with Crippen LogP contribution in [0.1, 0.15) is 32.6 Å². The number of nitrogens with zero attached hydrogens (tertiary/aromatic N) is 2. The zero-order chi connectivity index (χ0) is 14.2. The van der Waals surface area contributed by atoms with Gasteiger partial charge in [0.1, 0.15) is 5.82 Å². The average molecular weight is 328 g/mol. The first kappa shape index (κ1) is 14.1. The first-order valence-electron chi connectivity index (χ1n) is 5.83. The summed E-state index contributed by atoms with van der Waals surface area (Å²) in [5.74, 6) is 0.310. The Morgan fingerprint density at radius 1 is 1.37 bits per heavy atom. The van der Waals surface area contributed by atoms with E-state index in [0.29, 0.717) is 15.9 Å².